The molecule has 0 atom stereocenters. The predicted molar refractivity (Wildman–Crippen MR) is 86.4 cm³/mol. The van der Waals surface area contributed by atoms with Crippen LogP contribution in [0.1, 0.15) is 0 Å². The van der Waals surface area contributed by atoms with E-state index < -0.39 is 10.0 Å². The maximum Gasteiger partial charge on any atom is 0.315 e. The van der Waals surface area contributed by atoms with Crippen LogP contribution in [0.4, 0.5) is 5.69 Å². The van der Waals surface area contributed by atoms with E-state index in [1.165, 1.54) is 31.0 Å². The molecule has 5 nitrogen and oxygen atoms in total. The Balaban J connectivity index is 2.04. The Labute approximate surface area is 133 Å². The van der Waals surface area contributed by atoms with Gasteiger partial charge in [-0.15, -0.1) is 11.8 Å². The summed E-state index contributed by atoms with van der Waals surface area (Å²) in [6.07, 6.45) is 0. The summed E-state index contributed by atoms with van der Waals surface area (Å²) in [5, 5.41) is 0. The van der Waals surface area contributed by atoms with Gasteiger partial charge in [0.05, 0.1) is 17.8 Å². The molecule has 0 aromatic heterocycles. The Morgan fingerprint density at radius 1 is 1.09 bits per heavy atom. The van der Waals surface area contributed by atoms with Crippen molar-refractivity contribution >= 4 is 33.4 Å². The van der Waals surface area contributed by atoms with Crippen molar-refractivity contribution < 1.29 is 17.9 Å². The fourth-order valence-electron chi connectivity index (χ4n) is 1.63. The van der Waals surface area contributed by atoms with Crippen LogP contribution >= 0.6 is 11.8 Å². The molecule has 0 aliphatic rings. The Bertz CT molecular complexity index is 728. The zero-order chi connectivity index (χ0) is 16.0. The number of hydrogen-bond acceptors (Lipinski definition) is 5. The number of carbonyl (C=O) groups is 1. The van der Waals surface area contributed by atoms with Crippen LogP contribution < -0.4 is 4.72 Å². The van der Waals surface area contributed by atoms with E-state index in [1.54, 1.807) is 42.5 Å². The summed E-state index contributed by atoms with van der Waals surface area (Å²) >= 11 is 1.32. The van der Waals surface area contributed by atoms with E-state index in [4.69, 9.17) is 0 Å². The van der Waals surface area contributed by atoms with E-state index in [0.29, 0.717) is 5.69 Å². The number of carbonyl (C=O) groups excluding carboxylic acids is 1. The summed E-state index contributed by atoms with van der Waals surface area (Å²) in [7, 11) is -2.25. The second-order valence-electron chi connectivity index (χ2n) is 4.31. The second-order valence-corrected chi connectivity index (χ2v) is 7.04. The minimum atomic E-state index is -3.59. The lowest BCUT2D eigenvalue weighted by Crippen LogP contribution is -2.12. The van der Waals surface area contributed by atoms with Gasteiger partial charge in [-0.05, 0) is 36.4 Å². The molecule has 116 valence electrons. The molecular formula is C15H15NO4S2. The molecule has 0 radical (unpaired) electrons. The molecule has 0 amide bonds. The van der Waals surface area contributed by atoms with Gasteiger partial charge in [0.1, 0.15) is 0 Å². The summed E-state index contributed by atoms with van der Waals surface area (Å²) in [6, 6.07) is 15.0. The first-order valence-corrected chi connectivity index (χ1v) is 8.86. The number of ether oxygens (including phenoxy) is 1. The van der Waals surface area contributed by atoms with Gasteiger partial charge in [-0.25, -0.2) is 8.42 Å². The zero-order valence-corrected chi connectivity index (χ0v) is 13.5. The minimum Gasteiger partial charge on any atom is -0.468 e. The molecule has 0 unspecified atom stereocenters. The van der Waals surface area contributed by atoms with Crippen LogP contribution in [-0.4, -0.2) is 27.2 Å². The highest BCUT2D eigenvalue weighted by molar-refractivity contribution is 8.00. The first-order chi connectivity index (χ1) is 10.5. The number of methoxy groups -OCH3 is 1. The van der Waals surface area contributed by atoms with E-state index in [0.717, 1.165) is 4.90 Å². The molecule has 0 aliphatic carbocycles. The number of thioether (sulfide) groups is 1. The standard InChI is InChI=1S/C15H15NO4S2/c1-20-15(17)11-21-13-9-7-12(8-10-13)16-22(18,19)14-5-3-2-4-6-14/h2-10,16H,11H2,1H3. The van der Waals surface area contributed by atoms with Crippen molar-refractivity contribution in [3.63, 3.8) is 0 Å². The number of anilines is 1. The SMILES string of the molecule is COC(=O)CSc1ccc(NS(=O)(=O)c2ccccc2)cc1. The number of sulfonamides is 1. The molecule has 7 heteroatoms. The molecule has 0 spiro atoms. The van der Waals surface area contributed by atoms with Crippen LogP contribution in [-0.2, 0) is 19.6 Å². The van der Waals surface area contributed by atoms with Gasteiger partial charge in [0.25, 0.3) is 10.0 Å². The second kappa shape index (κ2) is 7.33. The van der Waals surface area contributed by atoms with Crippen LogP contribution in [0.25, 0.3) is 0 Å². The Morgan fingerprint density at radius 3 is 2.32 bits per heavy atom. The van der Waals surface area contributed by atoms with E-state index >= 15 is 0 Å². The Hall–Kier alpha value is -1.99. The van der Waals surface area contributed by atoms with Crippen LogP contribution in [0.3, 0.4) is 0 Å². The lowest BCUT2D eigenvalue weighted by atomic mass is 10.3. The first-order valence-electron chi connectivity index (χ1n) is 6.39. The van der Waals surface area contributed by atoms with Crippen LogP contribution in [0.5, 0.6) is 0 Å². The average Bonchev–Trinajstić information content (AvgIpc) is 2.54. The summed E-state index contributed by atoms with van der Waals surface area (Å²) in [4.78, 5) is 12.1. The monoisotopic (exact) mass is 337 g/mol. The normalized spacial score (nSPS) is 11.0. The molecular weight excluding hydrogens is 322 g/mol. The fourth-order valence-corrected chi connectivity index (χ4v) is 3.44. The summed E-state index contributed by atoms with van der Waals surface area (Å²) in [6.45, 7) is 0. The molecule has 0 aliphatic heterocycles. The maximum atomic E-state index is 12.2. The first kappa shape index (κ1) is 16.4. The smallest absolute Gasteiger partial charge is 0.315 e. The minimum absolute atomic E-state index is 0.208. The Kier molecular flexibility index (Phi) is 5.46. The molecule has 0 fully saturated rings. The summed E-state index contributed by atoms with van der Waals surface area (Å²) in [5.41, 5.74) is 0.464. The van der Waals surface area contributed by atoms with Crippen LogP contribution in [0, 0.1) is 0 Å². The topological polar surface area (TPSA) is 72.5 Å². The van der Waals surface area contributed by atoms with Crippen LogP contribution in [0.15, 0.2) is 64.4 Å². The van der Waals surface area contributed by atoms with Crippen molar-refractivity contribution in [1.82, 2.24) is 0 Å². The third-order valence-corrected chi connectivity index (χ3v) is 5.13. The zero-order valence-electron chi connectivity index (χ0n) is 11.9. The molecule has 0 heterocycles. The van der Waals surface area contributed by atoms with Gasteiger partial charge in [0.15, 0.2) is 0 Å². The highest BCUT2D eigenvalue weighted by Crippen LogP contribution is 2.22. The molecule has 0 saturated heterocycles. The third-order valence-electron chi connectivity index (χ3n) is 2.74. The molecule has 0 saturated carbocycles. The highest BCUT2D eigenvalue weighted by atomic mass is 32.2. The van der Waals surface area contributed by atoms with Gasteiger partial charge in [-0.2, -0.15) is 0 Å². The molecule has 2 aromatic carbocycles. The van der Waals surface area contributed by atoms with Crippen molar-refractivity contribution in [1.29, 1.82) is 0 Å². The van der Waals surface area contributed by atoms with Crippen molar-refractivity contribution in [2.45, 2.75) is 9.79 Å². The molecule has 0 bridgehead atoms. The number of rotatable bonds is 6. The number of nitrogens with one attached hydrogen (secondary N) is 1. The van der Waals surface area contributed by atoms with Crippen LogP contribution in [0.2, 0.25) is 0 Å². The number of benzene rings is 2. The highest BCUT2D eigenvalue weighted by Gasteiger charge is 2.13. The number of hydrogen-bond donors (Lipinski definition) is 1. The van der Waals surface area contributed by atoms with Crippen molar-refractivity contribution in [3.8, 4) is 0 Å². The van der Waals surface area contributed by atoms with E-state index in [2.05, 4.69) is 9.46 Å². The quantitative estimate of drug-likeness (QED) is 0.648. The molecule has 22 heavy (non-hydrogen) atoms. The maximum absolute atomic E-state index is 12.2. The van der Waals surface area contributed by atoms with E-state index in [1.807, 2.05) is 0 Å². The van der Waals surface area contributed by atoms with Gasteiger partial charge in [0.2, 0.25) is 0 Å². The number of esters is 1. The van der Waals surface area contributed by atoms with Gasteiger partial charge >= 0.3 is 5.97 Å². The summed E-state index contributed by atoms with van der Waals surface area (Å²) < 4.78 is 31.4. The molecule has 2 aromatic rings. The van der Waals surface area contributed by atoms with E-state index in [-0.39, 0.29) is 16.6 Å². The van der Waals surface area contributed by atoms with Gasteiger partial charge in [-0.1, -0.05) is 18.2 Å². The summed E-state index contributed by atoms with van der Waals surface area (Å²) in [5.74, 6) is -0.0927. The lowest BCUT2D eigenvalue weighted by Gasteiger charge is -2.08. The van der Waals surface area contributed by atoms with Gasteiger partial charge in [-0.3, -0.25) is 9.52 Å². The fraction of sp³-hybridized carbons (Fsp3) is 0.133. The van der Waals surface area contributed by atoms with Crippen molar-refractivity contribution in [3.05, 3.63) is 54.6 Å². The van der Waals surface area contributed by atoms with E-state index in [9.17, 15) is 13.2 Å². The molecule has 1 N–H and O–H groups in total. The van der Waals surface area contributed by atoms with Gasteiger partial charge < -0.3 is 4.74 Å². The predicted octanol–water partition coefficient (Wildman–Crippen LogP) is 2.75. The average molecular weight is 337 g/mol. The third kappa shape index (κ3) is 4.51. The largest absolute Gasteiger partial charge is 0.468 e. The lowest BCUT2D eigenvalue weighted by molar-refractivity contribution is -0.137. The van der Waals surface area contributed by atoms with Crippen molar-refractivity contribution in [2.24, 2.45) is 0 Å². The van der Waals surface area contributed by atoms with Crippen molar-refractivity contribution in [2.75, 3.05) is 17.6 Å². The Morgan fingerprint density at radius 2 is 1.73 bits per heavy atom. The van der Waals surface area contributed by atoms with Gasteiger partial charge in [0, 0.05) is 10.6 Å². The molecule has 2 rings (SSSR count).